The predicted octanol–water partition coefficient (Wildman–Crippen LogP) is 5.43. The first-order valence-electron chi connectivity index (χ1n) is 8.19. The monoisotopic (exact) mass is 288 g/mol. The molecule has 1 atom stereocenters. The molecular formula is C19H28O2. The molecule has 2 heteroatoms. The van der Waals surface area contributed by atoms with Gasteiger partial charge in [-0.3, -0.25) is 0 Å². The van der Waals surface area contributed by atoms with Gasteiger partial charge in [0.2, 0.25) is 0 Å². The summed E-state index contributed by atoms with van der Waals surface area (Å²) in [6.45, 7) is 8.71. The number of ether oxygens (including phenoxy) is 2. The minimum Gasteiger partial charge on any atom is -0.465 e. The van der Waals surface area contributed by atoms with Gasteiger partial charge in [0, 0.05) is 0 Å². The maximum absolute atomic E-state index is 5.79. The number of allylic oxidation sites excluding steroid dienone is 1. The van der Waals surface area contributed by atoms with E-state index in [0.717, 1.165) is 29.4 Å². The van der Waals surface area contributed by atoms with Crippen molar-refractivity contribution in [2.24, 2.45) is 5.92 Å². The van der Waals surface area contributed by atoms with Crippen molar-refractivity contribution in [1.29, 1.82) is 0 Å². The van der Waals surface area contributed by atoms with Crippen LogP contribution >= 0.6 is 0 Å². The van der Waals surface area contributed by atoms with E-state index in [1.165, 1.54) is 38.5 Å². The molecule has 0 saturated heterocycles. The zero-order valence-corrected chi connectivity index (χ0v) is 13.4. The smallest absolute Gasteiger partial charge is 0.196 e. The third-order valence-corrected chi connectivity index (χ3v) is 4.25. The zero-order valence-electron chi connectivity index (χ0n) is 13.4. The molecule has 21 heavy (non-hydrogen) atoms. The minimum absolute atomic E-state index is 0.190. The van der Waals surface area contributed by atoms with E-state index in [-0.39, 0.29) is 6.29 Å². The topological polar surface area (TPSA) is 18.5 Å². The molecule has 0 N–H and O–H groups in total. The van der Waals surface area contributed by atoms with Crippen LogP contribution in [0.15, 0.2) is 30.8 Å². The van der Waals surface area contributed by atoms with E-state index in [4.69, 9.17) is 9.47 Å². The Hall–Kier alpha value is -1.28. The van der Waals surface area contributed by atoms with Gasteiger partial charge in [0.05, 0.1) is 6.61 Å². The summed E-state index contributed by atoms with van der Waals surface area (Å²) in [4.78, 5) is 0. The Bertz CT molecular complexity index is 429. The summed E-state index contributed by atoms with van der Waals surface area (Å²) in [5.41, 5.74) is 2.21. The van der Waals surface area contributed by atoms with Crippen LogP contribution in [0.25, 0.3) is 5.57 Å². The second-order valence-corrected chi connectivity index (χ2v) is 6.15. The average Bonchev–Trinajstić information content (AvgIpc) is 2.49. The van der Waals surface area contributed by atoms with Crippen molar-refractivity contribution in [3.63, 3.8) is 0 Å². The van der Waals surface area contributed by atoms with Crippen LogP contribution in [0.5, 0.6) is 5.75 Å². The molecule has 0 radical (unpaired) electrons. The van der Waals surface area contributed by atoms with Gasteiger partial charge in [0.1, 0.15) is 5.75 Å². The van der Waals surface area contributed by atoms with Gasteiger partial charge >= 0.3 is 0 Å². The molecular weight excluding hydrogens is 260 g/mol. The van der Waals surface area contributed by atoms with E-state index >= 15 is 0 Å². The van der Waals surface area contributed by atoms with Crippen LogP contribution in [0.2, 0.25) is 0 Å². The van der Waals surface area contributed by atoms with Crippen LogP contribution in [0.3, 0.4) is 0 Å². The predicted molar refractivity (Wildman–Crippen MR) is 88.4 cm³/mol. The summed E-state index contributed by atoms with van der Waals surface area (Å²) >= 11 is 0. The first-order valence-corrected chi connectivity index (χ1v) is 8.19. The Balaban J connectivity index is 1.68. The molecule has 1 aliphatic rings. The Kier molecular flexibility index (Phi) is 6.31. The summed E-state index contributed by atoms with van der Waals surface area (Å²) in [6, 6.07) is 8.02. The zero-order chi connectivity index (χ0) is 15.1. The number of hydrogen-bond acceptors (Lipinski definition) is 2. The van der Waals surface area contributed by atoms with Crippen molar-refractivity contribution in [3.8, 4) is 5.75 Å². The van der Waals surface area contributed by atoms with Gasteiger partial charge in [-0.1, -0.05) is 56.4 Å². The normalized spacial score (nSPS) is 17.4. The standard InChI is InChI=1S/C19H28O2/c1-15(2)18-9-11-19(12-10-18)21-16(3)20-14-13-17-7-5-4-6-8-17/h9-12,16-17H,1,4-8,13-14H2,2-3H3. The molecule has 1 unspecified atom stereocenters. The van der Waals surface area contributed by atoms with E-state index in [1.807, 2.05) is 38.1 Å². The second kappa shape index (κ2) is 8.23. The molecule has 2 rings (SSSR count). The van der Waals surface area contributed by atoms with Crippen LogP contribution in [-0.2, 0) is 4.74 Å². The van der Waals surface area contributed by atoms with Crippen LogP contribution in [0.4, 0.5) is 0 Å². The van der Waals surface area contributed by atoms with Gasteiger partial charge in [0.25, 0.3) is 0 Å². The minimum atomic E-state index is -0.190. The van der Waals surface area contributed by atoms with Crippen LogP contribution < -0.4 is 4.74 Å². The lowest BCUT2D eigenvalue weighted by Gasteiger charge is -2.22. The highest BCUT2D eigenvalue weighted by molar-refractivity contribution is 5.61. The number of hydrogen-bond donors (Lipinski definition) is 0. The fourth-order valence-electron chi connectivity index (χ4n) is 2.92. The number of benzene rings is 1. The van der Waals surface area contributed by atoms with Gasteiger partial charge in [0.15, 0.2) is 6.29 Å². The van der Waals surface area contributed by atoms with Crippen LogP contribution in [-0.4, -0.2) is 12.9 Å². The summed E-state index contributed by atoms with van der Waals surface area (Å²) < 4.78 is 11.6. The molecule has 1 aliphatic carbocycles. The largest absolute Gasteiger partial charge is 0.465 e. The van der Waals surface area contributed by atoms with Crippen molar-refractivity contribution in [2.45, 2.75) is 58.7 Å². The lowest BCUT2D eigenvalue weighted by Crippen LogP contribution is -2.19. The highest BCUT2D eigenvalue weighted by atomic mass is 16.7. The Morgan fingerprint density at radius 1 is 1.19 bits per heavy atom. The van der Waals surface area contributed by atoms with E-state index in [0.29, 0.717) is 0 Å². The van der Waals surface area contributed by atoms with Crippen molar-refractivity contribution < 1.29 is 9.47 Å². The Labute approximate surface area is 129 Å². The third-order valence-electron chi connectivity index (χ3n) is 4.25. The van der Waals surface area contributed by atoms with Crippen molar-refractivity contribution in [1.82, 2.24) is 0 Å². The first kappa shape index (κ1) is 16.1. The summed E-state index contributed by atoms with van der Waals surface area (Å²) in [5, 5.41) is 0. The fourth-order valence-corrected chi connectivity index (χ4v) is 2.92. The van der Waals surface area contributed by atoms with E-state index in [1.54, 1.807) is 0 Å². The van der Waals surface area contributed by atoms with Gasteiger partial charge in [-0.15, -0.1) is 0 Å². The van der Waals surface area contributed by atoms with Crippen molar-refractivity contribution >= 4 is 5.57 Å². The number of rotatable bonds is 7. The molecule has 1 aromatic rings. The van der Waals surface area contributed by atoms with Gasteiger partial charge < -0.3 is 9.47 Å². The SMILES string of the molecule is C=C(C)c1ccc(OC(C)OCCC2CCCCC2)cc1. The maximum atomic E-state index is 5.79. The molecule has 0 spiro atoms. The molecule has 2 nitrogen and oxygen atoms in total. The summed E-state index contributed by atoms with van der Waals surface area (Å²) in [7, 11) is 0. The van der Waals surface area contributed by atoms with Crippen LogP contribution in [0.1, 0.15) is 57.9 Å². The lowest BCUT2D eigenvalue weighted by atomic mass is 9.87. The maximum Gasteiger partial charge on any atom is 0.196 e. The molecule has 0 amide bonds. The molecule has 0 bridgehead atoms. The Morgan fingerprint density at radius 2 is 1.86 bits per heavy atom. The first-order chi connectivity index (χ1) is 10.1. The van der Waals surface area contributed by atoms with E-state index in [2.05, 4.69) is 6.58 Å². The van der Waals surface area contributed by atoms with Gasteiger partial charge in [-0.25, -0.2) is 0 Å². The molecule has 116 valence electrons. The second-order valence-electron chi connectivity index (χ2n) is 6.15. The Morgan fingerprint density at radius 3 is 2.48 bits per heavy atom. The quantitative estimate of drug-likeness (QED) is 0.623. The molecule has 1 saturated carbocycles. The summed E-state index contributed by atoms with van der Waals surface area (Å²) in [6.07, 6.45) is 7.93. The molecule has 1 fully saturated rings. The van der Waals surface area contributed by atoms with Gasteiger partial charge in [-0.05, 0) is 43.9 Å². The van der Waals surface area contributed by atoms with E-state index in [9.17, 15) is 0 Å². The van der Waals surface area contributed by atoms with Crippen molar-refractivity contribution in [2.75, 3.05) is 6.61 Å². The molecule has 0 aromatic heterocycles. The van der Waals surface area contributed by atoms with Crippen molar-refractivity contribution in [3.05, 3.63) is 36.4 Å². The highest BCUT2D eigenvalue weighted by Gasteiger charge is 2.13. The molecule has 0 aliphatic heterocycles. The fraction of sp³-hybridized carbons (Fsp3) is 0.579. The van der Waals surface area contributed by atoms with E-state index < -0.39 is 0 Å². The lowest BCUT2D eigenvalue weighted by molar-refractivity contribution is -0.0711. The third kappa shape index (κ3) is 5.55. The molecule has 1 aromatic carbocycles. The van der Waals surface area contributed by atoms with Gasteiger partial charge in [-0.2, -0.15) is 0 Å². The average molecular weight is 288 g/mol. The summed E-state index contributed by atoms with van der Waals surface area (Å²) in [5.74, 6) is 1.71. The van der Waals surface area contributed by atoms with Crippen LogP contribution in [0, 0.1) is 5.92 Å². The molecule has 0 heterocycles. The highest BCUT2D eigenvalue weighted by Crippen LogP contribution is 2.26.